The molecule has 2 aliphatic carbocycles. The van der Waals surface area contributed by atoms with Gasteiger partial charge in [0.05, 0.1) is 29.1 Å². The van der Waals surface area contributed by atoms with Gasteiger partial charge in [-0.2, -0.15) is 13.2 Å². The zero-order valence-electron chi connectivity index (χ0n) is 22.0. The van der Waals surface area contributed by atoms with Gasteiger partial charge in [-0.25, -0.2) is 0 Å². The molecule has 8 nitrogen and oxygen atoms in total. The van der Waals surface area contributed by atoms with Gasteiger partial charge in [-0.3, -0.25) is 20.0 Å². The van der Waals surface area contributed by atoms with Crippen LogP contribution < -0.4 is 15.0 Å². The Hall–Kier alpha value is -3.08. The predicted octanol–water partition coefficient (Wildman–Crippen LogP) is 6.12. The van der Waals surface area contributed by atoms with E-state index >= 15 is 0 Å². The molecule has 0 radical (unpaired) electrons. The second-order valence-corrected chi connectivity index (χ2v) is 11.0. The molecule has 1 aliphatic heterocycles. The fourth-order valence-corrected chi connectivity index (χ4v) is 6.16. The topological polar surface area (TPSA) is 83.8 Å². The van der Waals surface area contributed by atoms with Crippen LogP contribution in [0.2, 0.25) is 0 Å². The number of halogens is 3. The van der Waals surface area contributed by atoms with Crippen LogP contribution in [0, 0.1) is 16.0 Å². The van der Waals surface area contributed by atoms with E-state index in [1.54, 1.807) is 6.20 Å². The van der Waals surface area contributed by atoms with Crippen molar-refractivity contribution in [2.24, 2.45) is 5.92 Å². The summed E-state index contributed by atoms with van der Waals surface area (Å²) in [5.41, 5.74) is -0.872. The summed E-state index contributed by atoms with van der Waals surface area (Å²) in [4.78, 5) is 19.4. The molecule has 39 heavy (non-hydrogen) atoms. The zero-order valence-corrected chi connectivity index (χ0v) is 22.0. The van der Waals surface area contributed by atoms with Gasteiger partial charge in [-0.05, 0) is 56.6 Å². The molecule has 2 aromatic rings. The van der Waals surface area contributed by atoms with Gasteiger partial charge in [0.1, 0.15) is 11.3 Å². The van der Waals surface area contributed by atoms with E-state index in [0.29, 0.717) is 0 Å². The lowest BCUT2D eigenvalue weighted by molar-refractivity contribution is -0.388. The monoisotopic (exact) mass is 547 g/mol. The Balaban J connectivity index is 1.10. The number of nitrogens with one attached hydrogen (secondary N) is 1. The fraction of sp³-hybridized carbons (Fsp3) is 0.607. The van der Waals surface area contributed by atoms with E-state index in [9.17, 15) is 23.3 Å². The Morgan fingerprint density at radius 3 is 2.38 bits per heavy atom. The van der Waals surface area contributed by atoms with Crippen molar-refractivity contribution in [3.63, 3.8) is 0 Å². The third-order valence-electron chi connectivity index (χ3n) is 8.27. The molecule has 5 rings (SSSR count). The van der Waals surface area contributed by atoms with Crippen LogP contribution in [0.3, 0.4) is 0 Å². The number of hydrogen-bond acceptors (Lipinski definition) is 7. The van der Waals surface area contributed by atoms with E-state index < -0.39 is 22.4 Å². The highest BCUT2D eigenvalue weighted by Gasteiger charge is 2.38. The number of nitro benzene ring substituents is 1. The highest BCUT2D eigenvalue weighted by Crippen LogP contribution is 2.38. The largest absolute Gasteiger partial charge is 0.489 e. The number of ether oxygens (including phenoxy) is 1. The first-order valence-electron chi connectivity index (χ1n) is 14.0. The molecule has 1 saturated heterocycles. The van der Waals surface area contributed by atoms with Crippen LogP contribution >= 0.6 is 0 Å². The van der Waals surface area contributed by atoms with Crippen LogP contribution in [0.15, 0.2) is 36.7 Å². The maximum absolute atomic E-state index is 13.3. The van der Waals surface area contributed by atoms with E-state index in [2.05, 4.69) is 26.2 Å². The second-order valence-electron chi connectivity index (χ2n) is 11.0. The van der Waals surface area contributed by atoms with Crippen LogP contribution in [0.4, 0.5) is 30.2 Å². The summed E-state index contributed by atoms with van der Waals surface area (Å²) >= 11 is 0. The molecule has 0 unspecified atom stereocenters. The molecule has 2 heterocycles. The Morgan fingerprint density at radius 2 is 1.72 bits per heavy atom. The Kier molecular flexibility index (Phi) is 8.44. The summed E-state index contributed by atoms with van der Waals surface area (Å²) in [5.74, 6) is 1.61. The van der Waals surface area contributed by atoms with Gasteiger partial charge in [-0.1, -0.05) is 12.8 Å². The highest BCUT2D eigenvalue weighted by atomic mass is 19.4. The summed E-state index contributed by atoms with van der Waals surface area (Å²) in [6, 6.07) is 5.10. The molecule has 0 spiro atoms. The fourth-order valence-electron chi connectivity index (χ4n) is 6.16. The number of hydrogen-bond donors (Lipinski definition) is 1. The molecule has 3 aliphatic rings. The Morgan fingerprint density at radius 1 is 1.00 bits per heavy atom. The molecule has 1 aromatic heterocycles. The first-order valence-corrected chi connectivity index (χ1v) is 14.0. The number of rotatable bonds is 8. The third-order valence-corrected chi connectivity index (χ3v) is 8.27. The van der Waals surface area contributed by atoms with Crippen LogP contribution in [-0.2, 0) is 6.18 Å². The molecule has 3 fully saturated rings. The van der Waals surface area contributed by atoms with E-state index in [0.717, 1.165) is 81.3 Å². The average Bonchev–Trinajstić information content (AvgIpc) is 3.43. The van der Waals surface area contributed by atoms with Crippen molar-refractivity contribution < 1.29 is 22.8 Å². The van der Waals surface area contributed by atoms with Crippen molar-refractivity contribution >= 4 is 17.1 Å². The molecular weight excluding hydrogens is 511 g/mol. The smallest absolute Gasteiger partial charge is 0.423 e. The number of nitrogens with zero attached hydrogens (tertiary/aromatic N) is 4. The standard InChI is InChI=1S/C28H36F3N5O3/c29-28(30,31)26-15-22(7-10-27(26)36(37)38)33-21-5-8-24(9-6-21)39-25-16-23(17-32-18-25)35-13-11-34(12-14-35)19-20-3-1-2-4-20/h7,10,15-18,20-21,24,33H,1-6,8-9,11-14,19H2. The minimum Gasteiger partial charge on any atom is -0.489 e. The third kappa shape index (κ3) is 7.12. The maximum Gasteiger partial charge on any atom is 0.423 e. The molecule has 0 atom stereocenters. The first kappa shape index (κ1) is 27.5. The predicted molar refractivity (Wildman–Crippen MR) is 143 cm³/mol. The van der Waals surface area contributed by atoms with Gasteiger partial charge in [-0.15, -0.1) is 0 Å². The molecule has 0 bridgehead atoms. The number of benzene rings is 1. The lowest BCUT2D eigenvalue weighted by Gasteiger charge is -2.37. The van der Waals surface area contributed by atoms with Crippen molar-refractivity contribution in [2.75, 3.05) is 42.9 Å². The van der Waals surface area contributed by atoms with E-state index in [1.165, 1.54) is 38.3 Å². The molecule has 212 valence electrons. The Bertz CT molecular complexity index is 1130. The summed E-state index contributed by atoms with van der Waals surface area (Å²) in [7, 11) is 0. The maximum atomic E-state index is 13.3. The van der Waals surface area contributed by atoms with Crippen LogP contribution in [0.25, 0.3) is 0 Å². The van der Waals surface area contributed by atoms with E-state index in [1.807, 2.05) is 6.20 Å². The average molecular weight is 548 g/mol. The summed E-state index contributed by atoms with van der Waals surface area (Å²) in [6.07, 6.45) is 7.28. The zero-order chi connectivity index (χ0) is 27.4. The number of nitro groups is 1. The lowest BCUT2D eigenvalue weighted by Crippen LogP contribution is -2.47. The Labute approximate surface area is 226 Å². The molecular formula is C28H36F3N5O3. The van der Waals surface area contributed by atoms with Gasteiger partial charge < -0.3 is 15.0 Å². The van der Waals surface area contributed by atoms with Crippen molar-refractivity contribution in [3.8, 4) is 5.75 Å². The summed E-state index contributed by atoms with van der Waals surface area (Å²) in [5, 5.41) is 14.1. The van der Waals surface area contributed by atoms with Crippen LogP contribution in [0.5, 0.6) is 5.75 Å². The molecule has 2 saturated carbocycles. The molecule has 0 amide bonds. The normalized spacial score (nSPS) is 23.1. The number of pyridine rings is 1. The lowest BCUT2D eigenvalue weighted by atomic mass is 9.92. The quantitative estimate of drug-likeness (QED) is 0.315. The molecule has 11 heteroatoms. The minimum atomic E-state index is -4.79. The number of piperazine rings is 1. The number of aromatic nitrogens is 1. The van der Waals surface area contributed by atoms with Gasteiger partial charge in [0, 0.05) is 56.6 Å². The summed E-state index contributed by atoms with van der Waals surface area (Å²) in [6.45, 7) is 5.32. The van der Waals surface area contributed by atoms with Gasteiger partial charge in [0.15, 0.2) is 0 Å². The van der Waals surface area contributed by atoms with Gasteiger partial charge in [0.25, 0.3) is 5.69 Å². The van der Waals surface area contributed by atoms with Crippen molar-refractivity contribution in [1.82, 2.24) is 9.88 Å². The van der Waals surface area contributed by atoms with Crippen LogP contribution in [0.1, 0.15) is 56.9 Å². The van der Waals surface area contributed by atoms with E-state index in [4.69, 9.17) is 4.74 Å². The van der Waals surface area contributed by atoms with Crippen LogP contribution in [-0.4, -0.2) is 59.7 Å². The first-order chi connectivity index (χ1) is 18.7. The van der Waals surface area contributed by atoms with Crippen molar-refractivity contribution in [2.45, 2.75) is 69.7 Å². The minimum absolute atomic E-state index is 0.00551. The van der Waals surface area contributed by atoms with E-state index in [-0.39, 0.29) is 17.8 Å². The van der Waals surface area contributed by atoms with Crippen molar-refractivity contribution in [3.05, 3.63) is 52.3 Å². The number of alkyl halides is 3. The molecule has 1 aromatic carbocycles. The van der Waals surface area contributed by atoms with Gasteiger partial charge >= 0.3 is 6.18 Å². The second kappa shape index (κ2) is 12.0. The summed E-state index contributed by atoms with van der Waals surface area (Å²) < 4.78 is 46.2. The molecule has 1 N–H and O–H groups in total. The highest BCUT2D eigenvalue weighted by molar-refractivity contribution is 5.55. The van der Waals surface area contributed by atoms with Gasteiger partial charge in [0.2, 0.25) is 0 Å². The number of anilines is 2. The SMILES string of the molecule is O=[N+]([O-])c1ccc(NC2CCC(Oc3cncc(N4CCN(CC5CCCC5)CC4)c3)CC2)cc1C(F)(F)F. The van der Waals surface area contributed by atoms with Crippen molar-refractivity contribution in [1.29, 1.82) is 0 Å².